The Hall–Kier alpha value is -6.14. The Labute approximate surface area is 278 Å². The number of furan rings is 1. The van der Waals surface area contributed by atoms with E-state index in [1.54, 1.807) is 0 Å². The minimum absolute atomic E-state index is 0.860. The molecule has 0 atom stereocenters. The number of aryl methyl sites for hydroxylation is 1. The number of aromatic nitrogens is 1. The first-order valence-corrected chi connectivity index (χ1v) is 16.1. The molecule has 0 radical (unpaired) electrons. The predicted molar refractivity (Wildman–Crippen MR) is 200 cm³/mol. The molecule has 0 bridgehead atoms. The molecule has 2 aromatic heterocycles. The van der Waals surface area contributed by atoms with Crippen molar-refractivity contribution in [2.45, 2.75) is 6.92 Å². The molecule has 0 amide bonds. The molecule has 2 heterocycles. The minimum atomic E-state index is 0.860. The van der Waals surface area contributed by atoms with Gasteiger partial charge >= 0.3 is 0 Å². The molecule has 0 aliphatic rings. The van der Waals surface area contributed by atoms with Crippen LogP contribution >= 0.6 is 0 Å². The van der Waals surface area contributed by atoms with Gasteiger partial charge in [0, 0.05) is 32.8 Å². The highest BCUT2D eigenvalue weighted by Crippen LogP contribution is 2.42. The van der Waals surface area contributed by atoms with E-state index >= 15 is 0 Å². The summed E-state index contributed by atoms with van der Waals surface area (Å²) in [6.07, 6.45) is 0. The molecule has 3 N–H and O–H groups in total. The molecule has 0 aliphatic heterocycles. The molecule has 230 valence electrons. The van der Waals surface area contributed by atoms with Gasteiger partial charge in [0.15, 0.2) is 0 Å². The fraction of sp³-hybridized carbons (Fsp3) is 0.0233. The maximum atomic E-state index is 6.69. The highest BCUT2D eigenvalue weighted by molar-refractivity contribution is 6.17. The normalized spacial score (nSPS) is 11.6. The predicted octanol–water partition coefficient (Wildman–Crippen LogP) is 10.8. The van der Waals surface area contributed by atoms with Crippen LogP contribution in [0, 0.1) is 6.92 Å². The van der Waals surface area contributed by atoms with Crippen LogP contribution in [-0.4, -0.2) is 4.57 Å². The summed E-state index contributed by atoms with van der Waals surface area (Å²) in [6.45, 7) is 2.15. The topological polar surface area (TPSA) is 59.4 Å². The third-order valence-corrected chi connectivity index (χ3v) is 9.33. The van der Waals surface area contributed by atoms with E-state index in [-0.39, 0.29) is 0 Å². The van der Waals surface area contributed by atoms with Crippen molar-refractivity contribution in [1.82, 2.24) is 10.1 Å². The Bertz CT molecular complexity index is 2620. The van der Waals surface area contributed by atoms with Crippen molar-refractivity contribution in [2.75, 3.05) is 5.01 Å². The number of para-hydroxylation sites is 3. The molecular formula is C43H32N4O. The summed E-state index contributed by atoms with van der Waals surface area (Å²) >= 11 is 0. The molecule has 9 aromatic rings. The summed E-state index contributed by atoms with van der Waals surface area (Å²) in [5.74, 6) is 6.00. The van der Waals surface area contributed by atoms with Gasteiger partial charge in [0.25, 0.3) is 0 Å². The van der Waals surface area contributed by atoms with Crippen LogP contribution in [0.1, 0.15) is 5.56 Å². The number of nitrogens with zero attached hydrogens (tertiary/aromatic N) is 2. The summed E-state index contributed by atoms with van der Waals surface area (Å²) in [7, 11) is 0. The van der Waals surface area contributed by atoms with Crippen LogP contribution in [0.3, 0.4) is 0 Å². The molecule has 9 rings (SSSR count). The van der Waals surface area contributed by atoms with Gasteiger partial charge in [0.1, 0.15) is 11.2 Å². The molecular weight excluding hydrogens is 589 g/mol. The van der Waals surface area contributed by atoms with Gasteiger partial charge in [-0.05, 0) is 83.8 Å². The average Bonchev–Trinajstić information content (AvgIpc) is 3.68. The second kappa shape index (κ2) is 11.3. The van der Waals surface area contributed by atoms with Crippen LogP contribution in [0.2, 0.25) is 0 Å². The SMILES string of the molecule is Cc1ccc2c3ccc(-c4cccc5oc6c(-c7cccc(N(NN)c8ccccc8)c7)cccc6c45)cc3n(-c3ccccc3)c2c1. The summed E-state index contributed by atoms with van der Waals surface area (Å²) in [4.78, 5) is 0. The van der Waals surface area contributed by atoms with Gasteiger partial charge in [-0.2, -0.15) is 5.53 Å². The van der Waals surface area contributed by atoms with Crippen molar-refractivity contribution in [2.24, 2.45) is 5.84 Å². The van der Waals surface area contributed by atoms with Crippen LogP contribution in [0.15, 0.2) is 162 Å². The van der Waals surface area contributed by atoms with Gasteiger partial charge in [-0.1, -0.05) is 103 Å². The van der Waals surface area contributed by atoms with Gasteiger partial charge in [0.05, 0.1) is 22.4 Å². The van der Waals surface area contributed by atoms with Crippen LogP contribution in [0.5, 0.6) is 0 Å². The molecule has 0 spiro atoms. The van der Waals surface area contributed by atoms with Gasteiger partial charge in [-0.25, -0.2) is 0 Å². The lowest BCUT2D eigenvalue weighted by Gasteiger charge is -2.23. The summed E-state index contributed by atoms with van der Waals surface area (Å²) in [5, 5.41) is 6.55. The number of hydrogen-bond donors (Lipinski definition) is 2. The summed E-state index contributed by atoms with van der Waals surface area (Å²) in [6, 6.07) is 55.3. The van der Waals surface area contributed by atoms with Gasteiger partial charge < -0.3 is 8.98 Å². The number of anilines is 2. The molecule has 0 saturated heterocycles. The van der Waals surface area contributed by atoms with Crippen LogP contribution < -0.4 is 16.4 Å². The van der Waals surface area contributed by atoms with Crippen molar-refractivity contribution < 1.29 is 4.42 Å². The van der Waals surface area contributed by atoms with Crippen molar-refractivity contribution in [3.63, 3.8) is 0 Å². The third-order valence-electron chi connectivity index (χ3n) is 9.33. The quantitative estimate of drug-likeness (QED) is 0.143. The van der Waals surface area contributed by atoms with Gasteiger partial charge in [0.2, 0.25) is 0 Å². The van der Waals surface area contributed by atoms with E-state index in [1.165, 1.54) is 27.4 Å². The van der Waals surface area contributed by atoms with Crippen molar-refractivity contribution >= 4 is 55.1 Å². The van der Waals surface area contributed by atoms with E-state index in [2.05, 4.69) is 132 Å². The molecule has 7 aromatic carbocycles. The number of fused-ring (bicyclic) bond motifs is 6. The monoisotopic (exact) mass is 620 g/mol. The van der Waals surface area contributed by atoms with Gasteiger partial charge in [-0.15, -0.1) is 0 Å². The zero-order chi connectivity index (χ0) is 32.2. The highest BCUT2D eigenvalue weighted by atomic mass is 16.3. The minimum Gasteiger partial charge on any atom is -0.455 e. The van der Waals surface area contributed by atoms with E-state index < -0.39 is 0 Å². The zero-order valence-electron chi connectivity index (χ0n) is 26.4. The van der Waals surface area contributed by atoms with E-state index in [4.69, 9.17) is 10.3 Å². The lowest BCUT2D eigenvalue weighted by molar-refractivity contribution is 0.670. The van der Waals surface area contributed by atoms with Gasteiger partial charge in [-0.3, -0.25) is 10.9 Å². The van der Waals surface area contributed by atoms with Crippen molar-refractivity contribution in [1.29, 1.82) is 0 Å². The number of benzene rings is 7. The number of nitrogens with two attached hydrogens (primary N) is 1. The first-order valence-electron chi connectivity index (χ1n) is 16.1. The Morgan fingerprint density at radius 1 is 0.562 bits per heavy atom. The molecule has 0 aliphatic carbocycles. The Morgan fingerprint density at radius 2 is 1.23 bits per heavy atom. The summed E-state index contributed by atoms with van der Waals surface area (Å²) in [5.41, 5.74) is 15.6. The fourth-order valence-corrected chi connectivity index (χ4v) is 7.15. The van der Waals surface area contributed by atoms with Crippen LogP contribution in [-0.2, 0) is 0 Å². The second-order valence-corrected chi connectivity index (χ2v) is 12.2. The first-order chi connectivity index (χ1) is 23.7. The number of hydrogen-bond acceptors (Lipinski definition) is 4. The smallest absolute Gasteiger partial charge is 0.143 e. The molecule has 5 heteroatoms. The Morgan fingerprint density at radius 3 is 2.04 bits per heavy atom. The highest BCUT2D eigenvalue weighted by Gasteiger charge is 2.19. The first kappa shape index (κ1) is 28.1. The van der Waals surface area contributed by atoms with Crippen LogP contribution in [0.4, 0.5) is 11.4 Å². The van der Waals surface area contributed by atoms with E-state index in [9.17, 15) is 0 Å². The van der Waals surface area contributed by atoms with E-state index in [0.717, 1.165) is 61.3 Å². The number of hydrazine groups is 2. The maximum absolute atomic E-state index is 6.69. The van der Waals surface area contributed by atoms with Crippen molar-refractivity contribution in [3.05, 3.63) is 163 Å². The standard InChI is InChI=1S/C43H32N4O/c1-28-21-23-36-37-24-22-30(27-40(37)46(39(36)25-28)31-12-4-2-5-13-31)34-17-10-20-41-42(34)38-19-9-18-35(43(38)48-41)29-11-8-16-33(26-29)47(45-44)32-14-6-3-7-15-32/h2-27,45H,44H2,1H3. The molecule has 48 heavy (non-hydrogen) atoms. The van der Waals surface area contributed by atoms with E-state index in [0.29, 0.717) is 0 Å². The number of rotatable bonds is 6. The Kier molecular flexibility index (Phi) is 6.61. The average molecular weight is 621 g/mol. The molecule has 0 unspecified atom stereocenters. The van der Waals surface area contributed by atoms with Crippen LogP contribution in [0.25, 0.3) is 71.7 Å². The summed E-state index contributed by atoms with van der Waals surface area (Å²) < 4.78 is 9.08. The lowest BCUT2D eigenvalue weighted by Crippen LogP contribution is -2.39. The number of nitrogens with one attached hydrogen (secondary N) is 1. The molecule has 0 saturated carbocycles. The largest absolute Gasteiger partial charge is 0.455 e. The zero-order valence-corrected chi connectivity index (χ0v) is 26.4. The fourth-order valence-electron chi connectivity index (χ4n) is 7.15. The lowest BCUT2D eigenvalue weighted by atomic mass is 9.96. The molecule has 5 nitrogen and oxygen atoms in total. The maximum Gasteiger partial charge on any atom is 0.143 e. The Balaban J connectivity index is 1.22. The molecule has 0 fully saturated rings. The van der Waals surface area contributed by atoms with E-state index in [1.807, 2.05) is 47.5 Å². The van der Waals surface area contributed by atoms with Crippen molar-refractivity contribution in [3.8, 4) is 27.9 Å². The third kappa shape index (κ3) is 4.48. The second-order valence-electron chi connectivity index (χ2n) is 12.2.